The first-order valence-electron chi connectivity index (χ1n) is 6.49. The first kappa shape index (κ1) is 15.9. The summed E-state index contributed by atoms with van der Waals surface area (Å²) >= 11 is 0. The number of aryl methyl sites for hydroxylation is 1. The molecule has 0 aliphatic heterocycles. The van der Waals surface area contributed by atoms with Gasteiger partial charge in [0, 0.05) is 11.1 Å². The zero-order valence-electron chi connectivity index (χ0n) is 12.4. The van der Waals surface area contributed by atoms with Crippen LogP contribution in [0, 0.1) is 6.92 Å². The summed E-state index contributed by atoms with van der Waals surface area (Å²) in [4.78, 5) is 15.6. The predicted molar refractivity (Wildman–Crippen MR) is 77.3 cm³/mol. The largest absolute Gasteiger partial charge is 0.494 e. The van der Waals surface area contributed by atoms with Gasteiger partial charge in [-0.15, -0.1) is 0 Å². The molecule has 0 fully saturated rings. The molecule has 0 amide bonds. The van der Waals surface area contributed by atoms with Crippen LogP contribution in [-0.4, -0.2) is 25.2 Å². The molecule has 116 valence electrons. The molecule has 0 spiro atoms. The van der Waals surface area contributed by atoms with Crippen molar-refractivity contribution in [2.45, 2.75) is 13.3 Å². The maximum Gasteiger partial charge on any atom is 0.338 e. The van der Waals surface area contributed by atoms with Gasteiger partial charge in [0.05, 0.1) is 26.0 Å². The monoisotopic (exact) mass is 307 g/mol. The van der Waals surface area contributed by atoms with Gasteiger partial charge in [0.15, 0.2) is 0 Å². The van der Waals surface area contributed by atoms with Gasteiger partial charge < -0.3 is 9.47 Å². The molecule has 0 unspecified atom stereocenters. The minimum absolute atomic E-state index is 0.276. The summed E-state index contributed by atoms with van der Waals surface area (Å²) in [6, 6.07) is 6.29. The summed E-state index contributed by atoms with van der Waals surface area (Å²) in [6.45, 7) is 1.84. The van der Waals surface area contributed by atoms with Crippen LogP contribution in [0.4, 0.5) is 8.78 Å². The van der Waals surface area contributed by atoms with Crippen LogP contribution in [0.25, 0.3) is 11.1 Å². The van der Waals surface area contributed by atoms with Crippen LogP contribution in [0.15, 0.2) is 30.5 Å². The Morgan fingerprint density at radius 2 is 1.91 bits per heavy atom. The van der Waals surface area contributed by atoms with Crippen molar-refractivity contribution in [1.29, 1.82) is 0 Å². The number of pyridine rings is 1. The zero-order chi connectivity index (χ0) is 16.3. The molecule has 0 aliphatic carbocycles. The van der Waals surface area contributed by atoms with Crippen LogP contribution in [0.5, 0.6) is 5.75 Å². The minimum atomic E-state index is -2.71. The van der Waals surface area contributed by atoms with Gasteiger partial charge in [0.2, 0.25) is 0 Å². The van der Waals surface area contributed by atoms with Gasteiger partial charge in [0.25, 0.3) is 6.43 Å². The molecule has 1 aromatic heterocycles. The van der Waals surface area contributed by atoms with Gasteiger partial charge in [-0.1, -0.05) is 17.7 Å². The lowest BCUT2D eigenvalue weighted by molar-refractivity contribution is 0.0601. The van der Waals surface area contributed by atoms with E-state index in [9.17, 15) is 13.6 Å². The van der Waals surface area contributed by atoms with E-state index in [4.69, 9.17) is 9.47 Å². The fourth-order valence-electron chi connectivity index (χ4n) is 2.12. The van der Waals surface area contributed by atoms with E-state index in [1.165, 1.54) is 26.5 Å². The van der Waals surface area contributed by atoms with Crippen molar-refractivity contribution in [1.82, 2.24) is 4.98 Å². The second-order valence-electron chi connectivity index (χ2n) is 4.65. The average molecular weight is 307 g/mol. The van der Waals surface area contributed by atoms with E-state index < -0.39 is 12.4 Å². The lowest BCUT2D eigenvalue weighted by Crippen LogP contribution is -2.05. The molecule has 1 heterocycles. The third-order valence-electron chi connectivity index (χ3n) is 3.20. The summed E-state index contributed by atoms with van der Waals surface area (Å²) in [5.41, 5.74) is 1.61. The maximum absolute atomic E-state index is 12.9. The number of alkyl halides is 2. The van der Waals surface area contributed by atoms with Crippen LogP contribution in [0.1, 0.15) is 28.0 Å². The Kier molecular flexibility index (Phi) is 4.70. The number of esters is 1. The Balaban J connectivity index is 2.71. The molecular formula is C16H15F2NO3. The highest BCUT2D eigenvalue weighted by Crippen LogP contribution is 2.35. The van der Waals surface area contributed by atoms with Gasteiger partial charge in [-0.05, 0) is 19.1 Å². The number of halogens is 2. The summed E-state index contributed by atoms with van der Waals surface area (Å²) in [5, 5.41) is 0. The molecule has 0 saturated heterocycles. The molecule has 0 N–H and O–H groups in total. The fraction of sp³-hybridized carbons (Fsp3) is 0.250. The Bertz CT molecular complexity index is 702. The molecule has 0 bridgehead atoms. The molecule has 2 rings (SSSR count). The van der Waals surface area contributed by atoms with Crippen LogP contribution in [0.2, 0.25) is 0 Å². The van der Waals surface area contributed by atoms with E-state index in [0.717, 1.165) is 5.56 Å². The van der Waals surface area contributed by atoms with Crippen molar-refractivity contribution in [3.63, 3.8) is 0 Å². The molecule has 0 radical (unpaired) electrons. The van der Waals surface area contributed by atoms with Crippen molar-refractivity contribution >= 4 is 5.97 Å². The van der Waals surface area contributed by atoms with Crippen molar-refractivity contribution < 1.29 is 23.0 Å². The van der Waals surface area contributed by atoms with Crippen molar-refractivity contribution in [2.75, 3.05) is 14.2 Å². The number of methoxy groups -OCH3 is 2. The van der Waals surface area contributed by atoms with Gasteiger partial charge in [0.1, 0.15) is 11.4 Å². The number of ether oxygens (including phenoxy) is 2. The second-order valence-corrected chi connectivity index (χ2v) is 4.65. The fourth-order valence-corrected chi connectivity index (χ4v) is 2.12. The smallest absolute Gasteiger partial charge is 0.338 e. The summed E-state index contributed by atoms with van der Waals surface area (Å²) in [5.74, 6) is -0.243. The van der Waals surface area contributed by atoms with Crippen LogP contribution in [-0.2, 0) is 4.74 Å². The Hall–Kier alpha value is -2.50. The van der Waals surface area contributed by atoms with Crippen molar-refractivity contribution in [2.24, 2.45) is 0 Å². The number of nitrogens with zero attached hydrogens (tertiary/aromatic N) is 1. The van der Waals surface area contributed by atoms with Crippen LogP contribution < -0.4 is 4.74 Å². The van der Waals surface area contributed by atoms with Crippen LogP contribution in [0.3, 0.4) is 0 Å². The predicted octanol–water partition coefficient (Wildman–Crippen LogP) is 3.79. The Morgan fingerprint density at radius 3 is 2.50 bits per heavy atom. The molecule has 0 saturated carbocycles. The number of hydrogen-bond donors (Lipinski definition) is 0. The van der Waals surface area contributed by atoms with E-state index in [1.807, 2.05) is 6.92 Å². The van der Waals surface area contributed by atoms with Crippen molar-refractivity contribution in [3.8, 4) is 16.9 Å². The summed E-state index contributed by atoms with van der Waals surface area (Å²) in [6.07, 6.45) is -1.49. The summed E-state index contributed by atoms with van der Waals surface area (Å²) in [7, 11) is 2.68. The van der Waals surface area contributed by atoms with E-state index in [1.54, 1.807) is 18.2 Å². The van der Waals surface area contributed by atoms with Gasteiger partial charge >= 0.3 is 5.97 Å². The Labute approximate surface area is 126 Å². The normalized spacial score (nSPS) is 10.6. The number of carbonyl (C=O) groups is 1. The molecule has 2 aromatic rings. The second kappa shape index (κ2) is 6.51. The van der Waals surface area contributed by atoms with E-state index in [0.29, 0.717) is 16.9 Å². The first-order valence-corrected chi connectivity index (χ1v) is 6.49. The number of carbonyl (C=O) groups excluding carboxylic acids is 1. The summed E-state index contributed by atoms with van der Waals surface area (Å²) < 4.78 is 35.7. The topological polar surface area (TPSA) is 48.4 Å². The lowest BCUT2D eigenvalue weighted by Gasteiger charge is -2.14. The molecule has 6 heteroatoms. The standard InChI is InChI=1S/C16H15F2NO3/c1-9-4-5-10(16(20)22-3)11(6-9)12-7-13(15(17)18)19-8-14(12)21-2/h4-8,15H,1-3H3. The quantitative estimate of drug-likeness (QED) is 0.806. The average Bonchev–Trinajstić information content (AvgIpc) is 2.53. The van der Waals surface area contributed by atoms with E-state index in [2.05, 4.69) is 4.98 Å². The molecule has 0 atom stereocenters. The molecule has 0 aliphatic rings. The van der Waals surface area contributed by atoms with Gasteiger partial charge in [-0.25, -0.2) is 13.6 Å². The van der Waals surface area contributed by atoms with Gasteiger partial charge in [-0.3, -0.25) is 4.98 Å². The third-order valence-corrected chi connectivity index (χ3v) is 3.20. The number of benzene rings is 1. The van der Waals surface area contributed by atoms with Gasteiger partial charge in [-0.2, -0.15) is 0 Å². The highest BCUT2D eigenvalue weighted by Gasteiger charge is 2.19. The van der Waals surface area contributed by atoms with Crippen LogP contribution >= 0.6 is 0 Å². The number of aromatic nitrogens is 1. The number of rotatable bonds is 4. The SMILES string of the molecule is COC(=O)c1ccc(C)cc1-c1cc(C(F)F)ncc1OC. The lowest BCUT2D eigenvalue weighted by atomic mass is 9.97. The minimum Gasteiger partial charge on any atom is -0.494 e. The third kappa shape index (κ3) is 3.05. The molecular weight excluding hydrogens is 292 g/mol. The maximum atomic E-state index is 12.9. The van der Waals surface area contributed by atoms with E-state index >= 15 is 0 Å². The highest BCUT2D eigenvalue weighted by molar-refractivity contribution is 5.98. The molecule has 22 heavy (non-hydrogen) atoms. The first-order chi connectivity index (χ1) is 10.5. The Morgan fingerprint density at radius 1 is 1.18 bits per heavy atom. The number of hydrogen-bond acceptors (Lipinski definition) is 4. The molecule has 1 aromatic carbocycles. The molecule has 4 nitrogen and oxygen atoms in total. The van der Waals surface area contributed by atoms with Crippen molar-refractivity contribution in [3.05, 3.63) is 47.3 Å². The highest BCUT2D eigenvalue weighted by atomic mass is 19.3. The van der Waals surface area contributed by atoms with E-state index in [-0.39, 0.29) is 11.3 Å². The zero-order valence-corrected chi connectivity index (χ0v) is 12.4.